The van der Waals surface area contributed by atoms with Crippen LogP contribution in [-0.2, 0) is 0 Å². The van der Waals surface area contributed by atoms with Crippen molar-refractivity contribution < 1.29 is 9.59 Å². The first-order chi connectivity index (χ1) is 14.3. The van der Waals surface area contributed by atoms with Gasteiger partial charge in [0.25, 0.3) is 11.8 Å². The molecule has 0 N–H and O–H groups in total. The second-order valence-corrected chi connectivity index (χ2v) is 8.48. The molecule has 0 saturated heterocycles. The van der Waals surface area contributed by atoms with Crippen molar-refractivity contribution in [3.05, 3.63) is 35.4 Å². The third-order valence-electron chi connectivity index (χ3n) is 5.15. The van der Waals surface area contributed by atoms with Crippen molar-refractivity contribution in [3.8, 4) is 0 Å². The van der Waals surface area contributed by atoms with Crippen LogP contribution >= 0.6 is 0 Å². The summed E-state index contributed by atoms with van der Waals surface area (Å²) >= 11 is 0. The van der Waals surface area contributed by atoms with Gasteiger partial charge in [0.15, 0.2) is 0 Å². The molecule has 0 fully saturated rings. The maximum Gasteiger partial charge on any atom is 0.253 e. The van der Waals surface area contributed by atoms with Crippen molar-refractivity contribution in [3.63, 3.8) is 0 Å². The highest BCUT2D eigenvalue weighted by molar-refractivity contribution is 5.97. The summed E-state index contributed by atoms with van der Waals surface area (Å²) in [6, 6.07) is 7.20. The maximum atomic E-state index is 13.0. The maximum absolute atomic E-state index is 13.0. The molecule has 0 aliphatic rings. The van der Waals surface area contributed by atoms with Crippen molar-refractivity contribution in [1.82, 2.24) is 19.6 Å². The van der Waals surface area contributed by atoms with Gasteiger partial charge in [0.05, 0.1) is 0 Å². The number of hydrogen-bond donors (Lipinski definition) is 0. The van der Waals surface area contributed by atoms with Crippen molar-refractivity contribution in [1.29, 1.82) is 0 Å². The first-order valence-electron chi connectivity index (χ1n) is 11.3. The summed E-state index contributed by atoms with van der Waals surface area (Å²) < 4.78 is 0. The van der Waals surface area contributed by atoms with E-state index in [-0.39, 0.29) is 11.8 Å². The van der Waals surface area contributed by atoms with Gasteiger partial charge < -0.3 is 19.6 Å². The monoisotopic (exact) mass is 418 g/mol. The third-order valence-corrected chi connectivity index (χ3v) is 5.15. The summed E-state index contributed by atoms with van der Waals surface area (Å²) in [5, 5.41) is 0. The number of amides is 2. The minimum absolute atomic E-state index is 0.0414. The molecule has 0 bridgehead atoms. The lowest BCUT2D eigenvalue weighted by Gasteiger charge is -2.25. The second-order valence-electron chi connectivity index (χ2n) is 8.48. The molecule has 6 nitrogen and oxygen atoms in total. The molecule has 0 aromatic heterocycles. The quantitative estimate of drug-likeness (QED) is 0.465. The van der Waals surface area contributed by atoms with E-state index in [1.165, 1.54) is 0 Å². The van der Waals surface area contributed by atoms with Gasteiger partial charge >= 0.3 is 0 Å². The number of carbonyl (C=O) groups is 2. The van der Waals surface area contributed by atoms with Gasteiger partial charge in [0.2, 0.25) is 0 Å². The Kier molecular flexibility index (Phi) is 12.3. The molecule has 170 valence electrons. The Bertz CT molecular complexity index is 574. The van der Waals surface area contributed by atoms with Gasteiger partial charge in [-0.05, 0) is 65.3 Å². The van der Waals surface area contributed by atoms with Crippen LogP contribution in [0, 0.1) is 0 Å². The molecule has 2 amide bonds. The fourth-order valence-corrected chi connectivity index (χ4v) is 3.09. The predicted molar refractivity (Wildman–Crippen MR) is 125 cm³/mol. The Morgan fingerprint density at radius 3 is 1.20 bits per heavy atom. The van der Waals surface area contributed by atoms with Crippen LogP contribution in [0.15, 0.2) is 24.3 Å². The van der Waals surface area contributed by atoms with E-state index in [0.717, 1.165) is 51.9 Å². The van der Waals surface area contributed by atoms with Crippen LogP contribution in [0.5, 0.6) is 0 Å². The first-order valence-corrected chi connectivity index (χ1v) is 11.3. The zero-order valence-electron chi connectivity index (χ0n) is 20.0. The average Bonchev–Trinajstić information content (AvgIpc) is 2.73. The molecule has 0 atom stereocenters. The molecule has 1 rings (SSSR count). The summed E-state index contributed by atoms with van der Waals surface area (Å²) in [5.41, 5.74) is 1.30. The normalized spacial score (nSPS) is 11.2. The highest BCUT2D eigenvalue weighted by atomic mass is 16.2. The van der Waals surface area contributed by atoms with E-state index in [2.05, 4.69) is 23.6 Å². The van der Waals surface area contributed by atoms with E-state index in [4.69, 9.17) is 0 Å². The van der Waals surface area contributed by atoms with E-state index in [9.17, 15) is 9.59 Å². The minimum Gasteiger partial charge on any atom is -0.337 e. The number of benzene rings is 1. The van der Waals surface area contributed by atoms with Gasteiger partial charge in [-0.25, -0.2) is 0 Å². The molecule has 0 spiro atoms. The van der Waals surface area contributed by atoms with Crippen LogP contribution in [0.2, 0.25) is 0 Å². The van der Waals surface area contributed by atoms with Crippen LogP contribution in [0.25, 0.3) is 0 Å². The molecule has 0 aliphatic carbocycles. The van der Waals surface area contributed by atoms with Crippen LogP contribution in [0.4, 0.5) is 0 Å². The Morgan fingerprint density at radius 2 is 0.933 bits per heavy atom. The number of likely N-dealkylation sites (N-methyl/N-ethyl adjacent to an activating group) is 2. The van der Waals surface area contributed by atoms with Crippen molar-refractivity contribution >= 4 is 11.8 Å². The van der Waals surface area contributed by atoms with Crippen molar-refractivity contribution in [2.45, 2.75) is 39.5 Å². The minimum atomic E-state index is 0.0414. The Labute approximate surface area is 183 Å². The van der Waals surface area contributed by atoms with Crippen LogP contribution < -0.4 is 0 Å². The highest BCUT2D eigenvalue weighted by Gasteiger charge is 2.18. The van der Waals surface area contributed by atoms with E-state index >= 15 is 0 Å². The molecule has 0 unspecified atom stereocenters. The van der Waals surface area contributed by atoms with Crippen molar-refractivity contribution in [2.24, 2.45) is 0 Å². The van der Waals surface area contributed by atoms with Gasteiger partial charge in [0.1, 0.15) is 0 Å². The topological polar surface area (TPSA) is 47.1 Å². The smallest absolute Gasteiger partial charge is 0.253 e. The Morgan fingerprint density at radius 1 is 0.600 bits per heavy atom. The molecular weight excluding hydrogens is 376 g/mol. The summed E-state index contributed by atoms with van der Waals surface area (Å²) in [4.78, 5) is 34.0. The van der Waals surface area contributed by atoms with E-state index in [1.54, 1.807) is 24.3 Å². The fraction of sp³-hybridized carbons (Fsp3) is 0.667. The van der Waals surface area contributed by atoms with Crippen LogP contribution in [0.1, 0.15) is 60.2 Å². The lowest BCUT2D eigenvalue weighted by atomic mass is 10.1. The molecule has 0 saturated carbocycles. The molecule has 0 radical (unpaired) electrons. The number of unbranched alkanes of at least 4 members (excludes halogenated alkanes) is 2. The number of rotatable bonds is 14. The molecular formula is C24H42N4O2. The number of nitrogens with zero attached hydrogens (tertiary/aromatic N) is 4. The standard InChI is InChI=1S/C24H42N4O2/c1-7-9-15-27(19-17-25(3)4)23(29)21-11-13-22(14-12-21)24(30)28(16-10-8-2)20-18-26(5)6/h11-14H,7-10,15-20H2,1-6H3. The fourth-order valence-electron chi connectivity index (χ4n) is 3.09. The van der Waals surface area contributed by atoms with E-state index in [1.807, 2.05) is 38.0 Å². The molecule has 0 heterocycles. The molecule has 6 heteroatoms. The average molecular weight is 419 g/mol. The van der Waals surface area contributed by atoms with E-state index in [0.29, 0.717) is 24.2 Å². The number of carbonyl (C=O) groups excluding carboxylic acids is 2. The molecule has 30 heavy (non-hydrogen) atoms. The van der Waals surface area contributed by atoms with Gasteiger partial charge in [-0.3, -0.25) is 9.59 Å². The summed E-state index contributed by atoms with van der Waals surface area (Å²) in [6.07, 6.45) is 4.10. The lowest BCUT2D eigenvalue weighted by Crippen LogP contribution is -2.38. The third kappa shape index (κ3) is 9.26. The molecule has 0 aliphatic heterocycles. The SMILES string of the molecule is CCCCN(CCN(C)C)C(=O)c1ccc(C(=O)N(CCCC)CCN(C)C)cc1. The molecule has 1 aromatic rings. The molecule has 1 aromatic carbocycles. The largest absolute Gasteiger partial charge is 0.337 e. The van der Waals surface area contributed by atoms with Gasteiger partial charge in [-0.15, -0.1) is 0 Å². The highest BCUT2D eigenvalue weighted by Crippen LogP contribution is 2.12. The summed E-state index contributed by atoms with van der Waals surface area (Å²) in [7, 11) is 8.07. The first kappa shape index (κ1) is 26.1. The predicted octanol–water partition coefficient (Wildman–Crippen LogP) is 3.29. The van der Waals surface area contributed by atoms with Gasteiger partial charge in [-0.2, -0.15) is 0 Å². The number of hydrogen-bond acceptors (Lipinski definition) is 4. The van der Waals surface area contributed by atoms with Crippen molar-refractivity contribution in [2.75, 3.05) is 67.5 Å². The lowest BCUT2D eigenvalue weighted by molar-refractivity contribution is 0.0730. The van der Waals surface area contributed by atoms with Gasteiger partial charge in [0, 0.05) is 50.4 Å². The Hall–Kier alpha value is -1.92. The van der Waals surface area contributed by atoms with E-state index < -0.39 is 0 Å². The van der Waals surface area contributed by atoms with Crippen LogP contribution in [-0.4, -0.2) is 98.9 Å². The summed E-state index contributed by atoms with van der Waals surface area (Å²) in [5.74, 6) is 0.0829. The zero-order chi connectivity index (χ0) is 22.5. The zero-order valence-corrected chi connectivity index (χ0v) is 20.0. The summed E-state index contributed by atoms with van der Waals surface area (Å²) in [6.45, 7) is 8.89. The van der Waals surface area contributed by atoms with Crippen LogP contribution in [0.3, 0.4) is 0 Å². The van der Waals surface area contributed by atoms with Gasteiger partial charge in [-0.1, -0.05) is 26.7 Å². The second kappa shape index (κ2) is 14.1. The Balaban J connectivity index is 2.88.